The highest BCUT2D eigenvalue weighted by molar-refractivity contribution is 5.95. The molecule has 51 heavy (non-hydrogen) atoms. The monoisotopic (exact) mass is 714 g/mol. The molecule has 1 unspecified atom stereocenters. The van der Waals surface area contributed by atoms with Gasteiger partial charge in [0.25, 0.3) is 0 Å². The SMILES string of the molecule is CC(=O)O[C@@H]1C2C(=O)[C@@H](OC(=O)C=Cc3ccccc3)C[C@@H](OC(C)=O)[C@@]2(CO)[C@@H](OC(C)=O)[C@@H](OC(C)=O)[C@]2(O)[C@@]3(C)OC[C@@]2(C)[C@H]1CC3=O. The summed E-state index contributed by atoms with van der Waals surface area (Å²) in [6, 6.07) is 8.72. The molecule has 5 rings (SSSR count). The normalized spacial score (nSPS) is 38.5. The maximum atomic E-state index is 14.9. The van der Waals surface area contributed by atoms with E-state index in [4.69, 9.17) is 28.4 Å². The fraction of sp³-hybridized carbons (Fsp3) is 0.583. The Balaban J connectivity index is 1.79. The van der Waals surface area contributed by atoms with E-state index >= 15 is 0 Å². The Morgan fingerprint density at radius 1 is 0.863 bits per heavy atom. The molecule has 15 heteroatoms. The van der Waals surface area contributed by atoms with Gasteiger partial charge in [0, 0.05) is 57.9 Å². The number of carbonyl (C=O) groups excluding carboxylic acids is 7. The van der Waals surface area contributed by atoms with Crippen molar-refractivity contribution in [1.82, 2.24) is 0 Å². The fourth-order valence-electron chi connectivity index (χ4n) is 8.87. The van der Waals surface area contributed by atoms with Gasteiger partial charge in [-0.1, -0.05) is 37.3 Å². The predicted octanol–water partition coefficient (Wildman–Crippen LogP) is 1.04. The number of hydrogen-bond acceptors (Lipinski definition) is 15. The molecular weight excluding hydrogens is 672 g/mol. The van der Waals surface area contributed by atoms with Gasteiger partial charge < -0.3 is 38.6 Å². The number of hydrogen-bond donors (Lipinski definition) is 2. The third-order valence-electron chi connectivity index (χ3n) is 11.1. The summed E-state index contributed by atoms with van der Waals surface area (Å²) in [5, 5.41) is 24.5. The molecule has 1 heterocycles. The maximum absolute atomic E-state index is 14.9. The van der Waals surface area contributed by atoms with Gasteiger partial charge in [0.15, 0.2) is 35.5 Å². The lowest BCUT2D eigenvalue weighted by molar-refractivity contribution is -0.302. The first-order valence-electron chi connectivity index (χ1n) is 16.5. The Bertz CT molecular complexity index is 1650. The van der Waals surface area contributed by atoms with Crippen LogP contribution >= 0.6 is 0 Å². The molecule has 1 aromatic carbocycles. The van der Waals surface area contributed by atoms with Crippen molar-refractivity contribution in [2.45, 2.75) is 96.1 Å². The van der Waals surface area contributed by atoms with Gasteiger partial charge >= 0.3 is 29.8 Å². The summed E-state index contributed by atoms with van der Waals surface area (Å²) in [6.07, 6.45) is -7.64. The number of ether oxygens (including phenoxy) is 6. The van der Waals surface area contributed by atoms with E-state index in [0.29, 0.717) is 5.56 Å². The Labute approximate surface area is 293 Å². The highest BCUT2D eigenvalue weighted by Gasteiger charge is 2.83. The lowest BCUT2D eigenvalue weighted by Gasteiger charge is -2.64. The van der Waals surface area contributed by atoms with Crippen molar-refractivity contribution in [2.75, 3.05) is 13.2 Å². The molecule has 1 aromatic rings. The molecule has 0 spiro atoms. The van der Waals surface area contributed by atoms with E-state index in [1.807, 2.05) is 0 Å². The molecule has 4 fully saturated rings. The molecule has 2 N–H and O–H groups in total. The van der Waals surface area contributed by atoms with Crippen LogP contribution in [0.2, 0.25) is 0 Å². The standard InChI is InChI=1S/C36H42O15/c1-18(38)47-26-15-24(51-27(43)13-12-22-10-8-7-9-11-22)29(44)28-30(48-19(2)39)23-14-25(42)34(6)36(45,33(23,5)17-46-34)32(50-21(4)41)31(49-20(3)40)35(26,28)16-37/h7-13,23-24,26,28,30-32,37,45H,14-17H2,1-6H3/t23-,24-,26+,28?,30-,31-,32+,33-,34-,35+,36+/m0/s1. The molecule has 4 bridgehead atoms. The Morgan fingerprint density at radius 2 is 1.45 bits per heavy atom. The molecular formula is C36H42O15. The van der Waals surface area contributed by atoms with Crippen molar-refractivity contribution in [3.63, 3.8) is 0 Å². The first kappa shape index (κ1) is 37.8. The van der Waals surface area contributed by atoms with Crippen LogP contribution in [0.3, 0.4) is 0 Å². The van der Waals surface area contributed by atoms with Crippen molar-refractivity contribution in [3.05, 3.63) is 42.0 Å². The minimum absolute atomic E-state index is 0.373. The average Bonchev–Trinajstić information content (AvgIpc) is 3.19. The highest BCUT2D eigenvalue weighted by atomic mass is 16.6. The summed E-state index contributed by atoms with van der Waals surface area (Å²) < 4.78 is 34.9. The third kappa shape index (κ3) is 5.94. The molecule has 1 aliphatic heterocycles. The van der Waals surface area contributed by atoms with Crippen molar-refractivity contribution >= 4 is 47.5 Å². The molecule has 1 saturated heterocycles. The lowest BCUT2D eigenvalue weighted by atomic mass is 9.44. The van der Waals surface area contributed by atoms with E-state index in [2.05, 4.69) is 0 Å². The molecule has 276 valence electrons. The number of benzene rings is 1. The molecule has 11 atom stereocenters. The number of Topliss-reactive ketones (excluding diaryl/α,β-unsaturated/α-hetero) is 2. The van der Waals surface area contributed by atoms with Crippen LogP contribution in [0.1, 0.15) is 59.9 Å². The topological polar surface area (TPSA) is 215 Å². The van der Waals surface area contributed by atoms with Gasteiger partial charge in [0.05, 0.1) is 24.5 Å². The van der Waals surface area contributed by atoms with E-state index < -0.39 is 125 Å². The van der Waals surface area contributed by atoms with E-state index in [1.54, 1.807) is 30.3 Å². The first-order chi connectivity index (χ1) is 23.9. The number of esters is 5. The van der Waals surface area contributed by atoms with Crippen LogP contribution in [0.25, 0.3) is 6.08 Å². The Morgan fingerprint density at radius 3 is 2.02 bits per heavy atom. The van der Waals surface area contributed by atoms with Crippen LogP contribution in [-0.4, -0.2) is 107 Å². The molecule has 3 aliphatic carbocycles. The van der Waals surface area contributed by atoms with E-state index in [1.165, 1.54) is 19.9 Å². The Kier molecular flexibility index (Phi) is 10.1. The van der Waals surface area contributed by atoms with Crippen LogP contribution in [0, 0.1) is 22.7 Å². The van der Waals surface area contributed by atoms with Gasteiger partial charge in [0.2, 0.25) is 0 Å². The predicted molar refractivity (Wildman–Crippen MR) is 171 cm³/mol. The van der Waals surface area contributed by atoms with Gasteiger partial charge in [-0.15, -0.1) is 0 Å². The van der Waals surface area contributed by atoms with E-state index in [-0.39, 0.29) is 6.61 Å². The second kappa shape index (κ2) is 13.6. The zero-order chi connectivity index (χ0) is 37.7. The van der Waals surface area contributed by atoms with Crippen LogP contribution in [0.5, 0.6) is 0 Å². The highest BCUT2D eigenvalue weighted by Crippen LogP contribution is 2.66. The van der Waals surface area contributed by atoms with E-state index in [0.717, 1.165) is 33.8 Å². The number of fused-ring (bicyclic) bond motifs is 1. The molecule has 4 aliphatic rings. The first-order valence-corrected chi connectivity index (χ1v) is 16.5. The average molecular weight is 715 g/mol. The van der Waals surface area contributed by atoms with Crippen LogP contribution in [0.15, 0.2) is 36.4 Å². The Hall–Kier alpha value is -4.47. The van der Waals surface area contributed by atoms with Gasteiger partial charge in [-0.2, -0.15) is 0 Å². The minimum atomic E-state index is -2.55. The minimum Gasteiger partial charge on any atom is -0.462 e. The van der Waals surface area contributed by atoms with Crippen LogP contribution in [0.4, 0.5) is 0 Å². The number of rotatable bonds is 8. The van der Waals surface area contributed by atoms with Gasteiger partial charge in [-0.05, 0) is 18.6 Å². The van der Waals surface area contributed by atoms with Gasteiger partial charge in [0.1, 0.15) is 17.8 Å². The van der Waals surface area contributed by atoms with Gasteiger partial charge in [-0.25, -0.2) is 4.79 Å². The van der Waals surface area contributed by atoms with Crippen molar-refractivity contribution in [2.24, 2.45) is 22.7 Å². The number of aliphatic hydroxyl groups excluding tert-OH is 1. The number of carbonyl (C=O) groups is 7. The lowest BCUT2D eigenvalue weighted by Crippen LogP contribution is -2.81. The summed E-state index contributed by atoms with van der Waals surface area (Å²) >= 11 is 0. The molecule has 0 radical (unpaired) electrons. The third-order valence-corrected chi connectivity index (χ3v) is 11.1. The molecule has 15 nitrogen and oxygen atoms in total. The summed E-state index contributed by atoms with van der Waals surface area (Å²) in [7, 11) is 0. The molecule has 3 saturated carbocycles. The second-order valence-electron chi connectivity index (χ2n) is 14.0. The maximum Gasteiger partial charge on any atom is 0.331 e. The van der Waals surface area contributed by atoms with Crippen LogP contribution in [-0.2, 0) is 62.0 Å². The molecule has 0 aromatic heterocycles. The smallest absolute Gasteiger partial charge is 0.331 e. The van der Waals surface area contributed by atoms with Crippen LogP contribution < -0.4 is 0 Å². The second-order valence-corrected chi connectivity index (χ2v) is 14.0. The zero-order valence-electron chi connectivity index (χ0n) is 29.1. The number of ketones is 2. The van der Waals surface area contributed by atoms with Gasteiger partial charge in [-0.3, -0.25) is 28.8 Å². The van der Waals surface area contributed by atoms with Crippen molar-refractivity contribution in [3.8, 4) is 0 Å². The summed E-state index contributed by atoms with van der Waals surface area (Å²) in [6.45, 7) is 5.34. The van der Waals surface area contributed by atoms with Crippen molar-refractivity contribution in [1.29, 1.82) is 0 Å². The fourth-order valence-corrected chi connectivity index (χ4v) is 8.87. The largest absolute Gasteiger partial charge is 0.462 e. The summed E-state index contributed by atoms with van der Waals surface area (Å²) in [5.41, 5.74) is -8.00. The summed E-state index contributed by atoms with van der Waals surface area (Å²) in [5.74, 6) is -9.62. The molecule has 0 amide bonds. The van der Waals surface area contributed by atoms with E-state index in [9.17, 15) is 43.8 Å². The zero-order valence-corrected chi connectivity index (χ0v) is 29.1. The quantitative estimate of drug-likeness (QED) is 0.219. The van der Waals surface area contributed by atoms with Crippen molar-refractivity contribution < 1.29 is 72.2 Å². The summed E-state index contributed by atoms with van der Waals surface area (Å²) in [4.78, 5) is 93.5. The number of aliphatic hydroxyl groups is 2.